The summed E-state index contributed by atoms with van der Waals surface area (Å²) in [7, 11) is 1.14. The average Bonchev–Trinajstić information content (AvgIpc) is 2.36. The van der Waals surface area contributed by atoms with Crippen LogP contribution in [0.3, 0.4) is 0 Å². The third-order valence-corrected chi connectivity index (χ3v) is 2.25. The fraction of sp³-hybridized carbons (Fsp3) is 0.333. The SMILES string of the molecule is CCC(=O)c1c(OC(F)F)cccc1C(=O)OC. The van der Waals surface area contributed by atoms with Crippen LogP contribution in [0.2, 0.25) is 0 Å². The number of alkyl halides is 2. The molecule has 0 aromatic heterocycles. The molecule has 0 bridgehead atoms. The quantitative estimate of drug-likeness (QED) is 0.602. The van der Waals surface area contributed by atoms with Crippen molar-refractivity contribution in [3.05, 3.63) is 29.3 Å². The fourth-order valence-electron chi connectivity index (χ4n) is 1.47. The second kappa shape index (κ2) is 6.09. The molecule has 18 heavy (non-hydrogen) atoms. The number of hydrogen-bond donors (Lipinski definition) is 0. The highest BCUT2D eigenvalue weighted by Gasteiger charge is 2.22. The van der Waals surface area contributed by atoms with Crippen molar-refractivity contribution in [3.63, 3.8) is 0 Å². The maximum Gasteiger partial charge on any atom is 0.387 e. The molecule has 1 aromatic carbocycles. The summed E-state index contributed by atoms with van der Waals surface area (Å²) in [4.78, 5) is 23.2. The molecule has 0 saturated carbocycles. The molecule has 0 aliphatic rings. The molecule has 0 saturated heterocycles. The molecule has 0 N–H and O–H groups in total. The molecule has 1 rings (SSSR count). The Morgan fingerprint density at radius 1 is 1.33 bits per heavy atom. The summed E-state index contributed by atoms with van der Waals surface area (Å²) >= 11 is 0. The zero-order valence-corrected chi connectivity index (χ0v) is 9.91. The molecular weight excluding hydrogens is 246 g/mol. The van der Waals surface area contributed by atoms with E-state index in [0.29, 0.717) is 0 Å². The summed E-state index contributed by atoms with van der Waals surface area (Å²) in [5, 5.41) is 0. The zero-order valence-electron chi connectivity index (χ0n) is 9.91. The minimum Gasteiger partial charge on any atom is -0.465 e. The number of hydrogen-bond acceptors (Lipinski definition) is 4. The van der Waals surface area contributed by atoms with Crippen LogP contribution in [0.25, 0.3) is 0 Å². The van der Waals surface area contributed by atoms with Crippen LogP contribution in [0.1, 0.15) is 34.1 Å². The monoisotopic (exact) mass is 258 g/mol. The van der Waals surface area contributed by atoms with Gasteiger partial charge in [-0.25, -0.2) is 4.79 Å². The first-order valence-corrected chi connectivity index (χ1v) is 5.20. The molecule has 0 radical (unpaired) electrons. The van der Waals surface area contributed by atoms with Gasteiger partial charge in [-0.2, -0.15) is 8.78 Å². The molecular formula is C12H12F2O4. The predicted molar refractivity (Wildman–Crippen MR) is 59.0 cm³/mol. The van der Waals surface area contributed by atoms with Gasteiger partial charge < -0.3 is 9.47 Å². The first-order valence-electron chi connectivity index (χ1n) is 5.20. The Kier molecular flexibility index (Phi) is 4.76. The first-order chi connectivity index (χ1) is 8.51. The van der Waals surface area contributed by atoms with Crippen LogP contribution in [0, 0.1) is 0 Å². The number of benzene rings is 1. The highest BCUT2D eigenvalue weighted by Crippen LogP contribution is 2.26. The lowest BCUT2D eigenvalue weighted by molar-refractivity contribution is -0.0502. The molecule has 0 fully saturated rings. The van der Waals surface area contributed by atoms with Gasteiger partial charge in [0.25, 0.3) is 0 Å². The van der Waals surface area contributed by atoms with E-state index < -0.39 is 18.4 Å². The van der Waals surface area contributed by atoms with Gasteiger partial charge in [0.05, 0.1) is 18.2 Å². The van der Waals surface area contributed by atoms with Gasteiger partial charge in [-0.05, 0) is 12.1 Å². The van der Waals surface area contributed by atoms with Crippen LogP contribution < -0.4 is 4.74 Å². The van der Waals surface area contributed by atoms with Crippen molar-refractivity contribution < 1.29 is 27.8 Å². The highest BCUT2D eigenvalue weighted by atomic mass is 19.3. The predicted octanol–water partition coefficient (Wildman–Crippen LogP) is 2.67. The third kappa shape index (κ3) is 3.03. The summed E-state index contributed by atoms with van der Waals surface area (Å²) in [5.41, 5.74) is -0.255. The lowest BCUT2D eigenvalue weighted by Gasteiger charge is -2.12. The molecule has 0 spiro atoms. The minimum absolute atomic E-state index is 0.0631. The van der Waals surface area contributed by atoms with Gasteiger partial charge >= 0.3 is 12.6 Å². The Morgan fingerprint density at radius 3 is 2.50 bits per heavy atom. The van der Waals surface area contributed by atoms with Gasteiger partial charge in [0.15, 0.2) is 5.78 Å². The van der Waals surface area contributed by atoms with Crippen molar-refractivity contribution in [1.82, 2.24) is 0 Å². The van der Waals surface area contributed by atoms with Crippen LogP contribution in [0.5, 0.6) is 5.75 Å². The smallest absolute Gasteiger partial charge is 0.387 e. The highest BCUT2D eigenvalue weighted by molar-refractivity contribution is 6.08. The number of Topliss-reactive ketones (excluding diaryl/α,β-unsaturated/α-hetero) is 1. The van der Waals surface area contributed by atoms with Crippen molar-refractivity contribution >= 4 is 11.8 Å². The Bertz CT molecular complexity index is 457. The topological polar surface area (TPSA) is 52.6 Å². The van der Waals surface area contributed by atoms with E-state index in [1.807, 2.05) is 0 Å². The van der Waals surface area contributed by atoms with Crippen LogP contribution in [-0.4, -0.2) is 25.5 Å². The lowest BCUT2D eigenvalue weighted by Crippen LogP contribution is -2.14. The molecule has 0 aliphatic carbocycles. The van der Waals surface area contributed by atoms with Gasteiger partial charge in [-0.15, -0.1) is 0 Å². The first kappa shape index (κ1) is 14.1. The number of carbonyl (C=O) groups excluding carboxylic acids is 2. The molecule has 4 nitrogen and oxygen atoms in total. The van der Waals surface area contributed by atoms with Gasteiger partial charge in [-0.3, -0.25) is 4.79 Å². The molecule has 98 valence electrons. The van der Waals surface area contributed by atoms with Gasteiger partial charge in [0.1, 0.15) is 5.75 Å². The number of carbonyl (C=O) groups is 2. The van der Waals surface area contributed by atoms with Crippen molar-refractivity contribution in [3.8, 4) is 5.75 Å². The van der Waals surface area contributed by atoms with Crippen molar-refractivity contribution in [2.75, 3.05) is 7.11 Å². The Balaban J connectivity index is 3.34. The molecule has 0 aliphatic heterocycles. The van der Waals surface area contributed by atoms with E-state index in [0.717, 1.165) is 7.11 Å². The summed E-state index contributed by atoms with van der Waals surface area (Å²) in [6, 6.07) is 3.88. The molecule has 1 aromatic rings. The Labute approximate surface area is 103 Å². The van der Waals surface area contributed by atoms with Gasteiger partial charge in [-0.1, -0.05) is 13.0 Å². The van der Waals surface area contributed by atoms with Crippen LogP contribution in [-0.2, 0) is 4.74 Å². The molecule has 6 heteroatoms. The summed E-state index contributed by atoms with van der Waals surface area (Å²) in [6.07, 6.45) is 0.0631. The zero-order chi connectivity index (χ0) is 13.7. The maximum absolute atomic E-state index is 12.2. The normalized spacial score (nSPS) is 10.3. The Morgan fingerprint density at radius 2 is 2.00 bits per heavy atom. The summed E-state index contributed by atoms with van der Waals surface area (Å²) in [6.45, 7) is -1.51. The summed E-state index contributed by atoms with van der Waals surface area (Å²) in [5.74, 6) is -1.56. The van der Waals surface area contributed by atoms with Crippen LogP contribution in [0.4, 0.5) is 8.78 Å². The molecule has 0 amide bonds. The minimum atomic E-state index is -3.07. The number of halogens is 2. The molecule has 0 unspecified atom stereocenters. The van der Waals surface area contributed by atoms with E-state index in [9.17, 15) is 18.4 Å². The van der Waals surface area contributed by atoms with E-state index in [1.54, 1.807) is 6.92 Å². The molecule has 0 heterocycles. The largest absolute Gasteiger partial charge is 0.465 e. The fourth-order valence-corrected chi connectivity index (χ4v) is 1.47. The van der Waals surface area contributed by atoms with E-state index >= 15 is 0 Å². The van der Waals surface area contributed by atoms with Gasteiger partial charge in [0, 0.05) is 6.42 Å². The number of ketones is 1. The number of esters is 1. The van der Waals surface area contributed by atoms with Crippen molar-refractivity contribution in [1.29, 1.82) is 0 Å². The van der Waals surface area contributed by atoms with Crippen molar-refractivity contribution in [2.45, 2.75) is 20.0 Å². The lowest BCUT2D eigenvalue weighted by atomic mass is 10.0. The van der Waals surface area contributed by atoms with E-state index in [4.69, 9.17) is 0 Å². The number of rotatable bonds is 5. The number of ether oxygens (including phenoxy) is 2. The number of methoxy groups -OCH3 is 1. The Hall–Kier alpha value is -1.98. The second-order valence-corrected chi connectivity index (χ2v) is 3.33. The standard InChI is InChI=1S/C12H12F2O4/c1-3-8(15)10-7(11(16)17-2)5-4-6-9(10)18-12(13)14/h4-6,12H,3H2,1-2H3. The van der Waals surface area contributed by atoms with E-state index in [-0.39, 0.29) is 23.3 Å². The second-order valence-electron chi connectivity index (χ2n) is 3.33. The van der Waals surface area contributed by atoms with Crippen LogP contribution >= 0.6 is 0 Å². The van der Waals surface area contributed by atoms with Crippen LogP contribution in [0.15, 0.2) is 18.2 Å². The summed E-state index contributed by atoms with van der Waals surface area (Å²) < 4.78 is 33.2. The maximum atomic E-state index is 12.2. The van der Waals surface area contributed by atoms with E-state index in [1.165, 1.54) is 18.2 Å². The van der Waals surface area contributed by atoms with Gasteiger partial charge in [0.2, 0.25) is 0 Å². The third-order valence-electron chi connectivity index (χ3n) is 2.25. The average molecular weight is 258 g/mol. The molecule has 0 atom stereocenters. The van der Waals surface area contributed by atoms with E-state index in [2.05, 4.69) is 9.47 Å². The van der Waals surface area contributed by atoms with Crippen molar-refractivity contribution in [2.24, 2.45) is 0 Å².